The largest absolute Gasteiger partial charge is 0.488 e. The van der Waals surface area contributed by atoms with Gasteiger partial charge < -0.3 is 10.1 Å². The highest BCUT2D eigenvalue weighted by atomic mass is 35.5. The maximum absolute atomic E-state index is 5.96. The minimum absolute atomic E-state index is 0.284. The summed E-state index contributed by atoms with van der Waals surface area (Å²) in [5.74, 6) is 1.57. The van der Waals surface area contributed by atoms with Crippen molar-refractivity contribution < 1.29 is 4.74 Å². The lowest BCUT2D eigenvalue weighted by Crippen LogP contribution is -2.42. The zero-order valence-corrected chi connectivity index (χ0v) is 9.42. The van der Waals surface area contributed by atoms with E-state index in [4.69, 9.17) is 16.3 Å². The molecular weight excluding hydrogens is 210 g/mol. The Bertz CT molecular complexity index is 393. The minimum Gasteiger partial charge on any atom is -0.488 e. The number of ether oxygens (including phenoxy) is 1. The van der Waals surface area contributed by atoms with Gasteiger partial charge >= 0.3 is 0 Å². The number of benzene rings is 1. The van der Waals surface area contributed by atoms with Crippen LogP contribution in [-0.4, -0.2) is 12.6 Å². The second kappa shape index (κ2) is 3.39. The Morgan fingerprint density at radius 3 is 3.20 bits per heavy atom. The lowest BCUT2D eigenvalue weighted by atomic mass is 9.89. The van der Waals surface area contributed by atoms with Crippen molar-refractivity contribution in [3.63, 3.8) is 0 Å². The quantitative estimate of drug-likeness (QED) is 0.730. The van der Waals surface area contributed by atoms with E-state index in [1.807, 2.05) is 12.1 Å². The first-order chi connectivity index (χ1) is 7.25. The summed E-state index contributed by atoms with van der Waals surface area (Å²) in [6, 6.07) is 6.30. The molecule has 1 fully saturated rings. The van der Waals surface area contributed by atoms with Crippen LogP contribution in [-0.2, 0) is 0 Å². The molecule has 0 spiro atoms. The number of nitrogens with one attached hydrogen (secondary N) is 1. The molecule has 0 unspecified atom stereocenters. The summed E-state index contributed by atoms with van der Waals surface area (Å²) in [6.45, 7) is 3.33. The highest BCUT2D eigenvalue weighted by Crippen LogP contribution is 2.42. The van der Waals surface area contributed by atoms with Crippen LogP contribution in [0.15, 0.2) is 18.2 Å². The van der Waals surface area contributed by atoms with Crippen LogP contribution in [0, 0.1) is 5.92 Å². The Morgan fingerprint density at radius 2 is 2.33 bits per heavy atom. The van der Waals surface area contributed by atoms with Crippen molar-refractivity contribution >= 4 is 11.6 Å². The molecule has 3 heteroatoms. The Morgan fingerprint density at radius 1 is 1.47 bits per heavy atom. The first-order valence-corrected chi connectivity index (χ1v) is 5.83. The number of fused-ring (bicyclic) bond motifs is 3. The molecule has 0 radical (unpaired) electrons. The number of halogens is 1. The van der Waals surface area contributed by atoms with Gasteiger partial charge in [-0.1, -0.05) is 24.6 Å². The molecule has 0 saturated carbocycles. The van der Waals surface area contributed by atoms with E-state index in [1.54, 1.807) is 0 Å². The topological polar surface area (TPSA) is 21.3 Å². The second-order valence-electron chi connectivity index (χ2n) is 4.46. The number of hydrogen-bond donors (Lipinski definition) is 1. The first-order valence-electron chi connectivity index (χ1n) is 5.45. The maximum Gasteiger partial charge on any atom is 0.126 e. The van der Waals surface area contributed by atoms with Crippen LogP contribution in [0.4, 0.5) is 0 Å². The van der Waals surface area contributed by atoms with Crippen LogP contribution >= 0.6 is 11.6 Å². The third-order valence-corrected chi connectivity index (χ3v) is 3.66. The number of rotatable bonds is 0. The van der Waals surface area contributed by atoms with Crippen molar-refractivity contribution in [3.05, 3.63) is 28.8 Å². The van der Waals surface area contributed by atoms with Crippen LogP contribution in [0.3, 0.4) is 0 Å². The molecule has 2 heterocycles. The van der Waals surface area contributed by atoms with Gasteiger partial charge in [0.15, 0.2) is 0 Å². The fourth-order valence-corrected chi connectivity index (χ4v) is 2.72. The molecular formula is C12H14ClNO. The Balaban J connectivity index is 2.00. The van der Waals surface area contributed by atoms with E-state index in [0.717, 1.165) is 17.3 Å². The standard InChI is InChI=1S/C12H14ClNO/c1-7-4-5-14-11-9-3-2-8(13)6-10(9)15-12(7)11/h2-3,6-7,11-12,14H,4-5H2,1H3/t7-,11-,12-/m0/s1. The van der Waals surface area contributed by atoms with Crippen molar-refractivity contribution in [1.82, 2.24) is 5.32 Å². The van der Waals surface area contributed by atoms with Crippen LogP contribution in [0.25, 0.3) is 0 Å². The number of piperidine rings is 1. The van der Waals surface area contributed by atoms with Crippen molar-refractivity contribution in [2.75, 3.05) is 6.54 Å². The van der Waals surface area contributed by atoms with E-state index >= 15 is 0 Å². The summed E-state index contributed by atoms with van der Waals surface area (Å²) in [6.07, 6.45) is 1.47. The molecule has 0 aliphatic carbocycles. The van der Waals surface area contributed by atoms with E-state index in [0.29, 0.717) is 12.0 Å². The van der Waals surface area contributed by atoms with Gasteiger partial charge in [-0.3, -0.25) is 0 Å². The van der Waals surface area contributed by atoms with Crippen LogP contribution in [0.1, 0.15) is 24.9 Å². The lowest BCUT2D eigenvalue weighted by Gasteiger charge is -2.31. The summed E-state index contributed by atoms with van der Waals surface area (Å²) in [7, 11) is 0. The molecule has 1 aromatic carbocycles. The second-order valence-corrected chi connectivity index (χ2v) is 4.90. The number of hydrogen-bond acceptors (Lipinski definition) is 2. The van der Waals surface area contributed by atoms with Gasteiger partial charge in [-0.2, -0.15) is 0 Å². The van der Waals surface area contributed by atoms with Gasteiger partial charge in [0.1, 0.15) is 11.9 Å². The zero-order valence-electron chi connectivity index (χ0n) is 8.66. The van der Waals surface area contributed by atoms with Gasteiger partial charge in [0.25, 0.3) is 0 Å². The SMILES string of the molecule is C[C@H]1CCN[C@H]2c3ccc(Cl)cc3O[C@@H]12. The van der Waals surface area contributed by atoms with E-state index in [2.05, 4.69) is 18.3 Å². The Kier molecular flexibility index (Phi) is 2.15. The summed E-state index contributed by atoms with van der Waals surface area (Å²) >= 11 is 5.96. The monoisotopic (exact) mass is 223 g/mol. The van der Waals surface area contributed by atoms with Crippen molar-refractivity contribution in [2.24, 2.45) is 5.92 Å². The molecule has 2 nitrogen and oxygen atoms in total. The average molecular weight is 224 g/mol. The molecule has 3 atom stereocenters. The van der Waals surface area contributed by atoms with E-state index < -0.39 is 0 Å². The van der Waals surface area contributed by atoms with Crippen LogP contribution in [0.2, 0.25) is 5.02 Å². The van der Waals surface area contributed by atoms with Gasteiger partial charge in [0.05, 0.1) is 6.04 Å². The smallest absolute Gasteiger partial charge is 0.126 e. The molecule has 1 aromatic rings. The molecule has 1 saturated heterocycles. The van der Waals surface area contributed by atoms with Crippen LogP contribution < -0.4 is 10.1 Å². The molecule has 0 amide bonds. The van der Waals surface area contributed by atoms with E-state index in [1.165, 1.54) is 12.0 Å². The third kappa shape index (κ3) is 1.44. The molecule has 15 heavy (non-hydrogen) atoms. The van der Waals surface area contributed by atoms with Gasteiger partial charge in [-0.25, -0.2) is 0 Å². The molecule has 2 aliphatic rings. The van der Waals surface area contributed by atoms with Gasteiger partial charge in [-0.15, -0.1) is 0 Å². The summed E-state index contributed by atoms with van der Waals surface area (Å²) in [5.41, 5.74) is 1.26. The molecule has 80 valence electrons. The zero-order chi connectivity index (χ0) is 10.4. The molecule has 2 aliphatic heterocycles. The van der Waals surface area contributed by atoms with E-state index in [9.17, 15) is 0 Å². The first kappa shape index (κ1) is 9.49. The molecule has 1 N–H and O–H groups in total. The highest BCUT2D eigenvalue weighted by Gasteiger charge is 2.39. The highest BCUT2D eigenvalue weighted by molar-refractivity contribution is 6.30. The maximum atomic E-state index is 5.96. The predicted octanol–water partition coefficient (Wildman–Crippen LogP) is 2.77. The van der Waals surface area contributed by atoms with E-state index in [-0.39, 0.29) is 6.10 Å². The third-order valence-electron chi connectivity index (χ3n) is 3.43. The summed E-state index contributed by atoms with van der Waals surface area (Å²) in [4.78, 5) is 0. The summed E-state index contributed by atoms with van der Waals surface area (Å²) in [5, 5.41) is 4.27. The van der Waals surface area contributed by atoms with Crippen molar-refractivity contribution in [2.45, 2.75) is 25.5 Å². The predicted molar refractivity (Wildman–Crippen MR) is 60.4 cm³/mol. The Labute approximate surface area is 94.6 Å². The molecule has 0 aromatic heterocycles. The van der Waals surface area contributed by atoms with Crippen molar-refractivity contribution in [3.8, 4) is 5.75 Å². The minimum atomic E-state index is 0.284. The van der Waals surface area contributed by atoms with Gasteiger partial charge in [0.2, 0.25) is 0 Å². The fraction of sp³-hybridized carbons (Fsp3) is 0.500. The van der Waals surface area contributed by atoms with Crippen molar-refractivity contribution in [1.29, 1.82) is 0 Å². The normalized spacial score (nSPS) is 33.1. The van der Waals surface area contributed by atoms with Gasteiger partial charge in [0, 0.05) is 10.6 Å². The molecule has 0 bridgehead atoms. The summed E-state index contributed by atoms with van der Waals surface area (Å²) < 4.78 is 5.96. The average Bonchev–Trinajstić information content (AvgIpc) is 2.57. The van der Waals surface area contributed by atoms with Crippen LogP contribution in [0.5, 0.6) is 5.75 Å². The fourth-order valence-electron chi connectivity index (χ4n) is 2.56. The lowest BCUT2D eigenvalue weighted by molar-refractivity contribution is 0.101. The van der Waals surface area contributed by atoms with Gasteiger partial charge in [-0.05, 0) is 31.0 Å². The molecule has 3 rings (SSSR count). The Hall–Kier alpha value is -0.730.